The molecule has 0 fully saturated rings. The summed E-state index contributed by atoms with van der Waals surface area (Å²) >= 11 is 0. The van der Waals surface area contributed by atoms with Gasteiger partial charge in [-0.25, -0.2) is 4.98 Å². The lowest BCUT2D eigenvalue weighted by molar-refractivity contribution is -0.142. The van der Waals surface area contributed by atoms with E-state index in [4.69, 9.17) is 4.52 Å². The topological polar surface area (TPSA) is 98.3 Å². The van der Waals surface area contributed by atoms with Crippen LogP contribution in [0.25, 0.3) is 11.6 Å². The van der Waals surface area contributed by atoms with Crippen LogP contribution in [0, 0.1) is 0 Å². The molecule has 0 aliphatic rings. The van der Waals surface area contributed by atoms with Gasteiger partial charge in [-0.1, -0.05) is 5.16 Å². The van der Waals surface area contributed by atoms with E-state index in [0.717, 1.165) is 4.68 Å². The Hall–Kier alpha value is -2.72. The zero-order valence-electron chi connectivity index (χ0n) is 10.4. The highest BCUT2D eigenvalue weighted by Gasteiger charge is 2.28. The molecule has 21 heavy (non-hydrogen) atoms. The number of alkyl halides is 3. The van der Waals surface area contributed by atoms with E-state index in [1.54, 1.807) is 0 Å². The minimum atomic E-state index is -4.31. The van der Waals surface area contributed by atoms with Gasteiger partial charge in [0.2, 0.25) is 11.7 Å². The molecular formula is C10H8F3N7O. The van der Waals surface area contributed by atoms with Crippen LogP contribution in [0.5, 0.6) is 0 Å². The third-order valence-corrected chi connectivity index (χ3v) is 2.46. The van der Waals surface area contributed by atoms with Crippen molar-refractivity contribution < 1.29 is 17.7 Å². The Balaban J connectivity index is 1.70. The minimum absolute atomic E-state index is 0.131. The first-order chi connectivity index (χ1) is 9.99. The van der Waals surface area contributed by atoms with Gasteiger partial charge in [0, 0.05) is 6.20 Å². The van der Waals surface area contributed by atoms with Gasteiger partial charge in [-0.15, -0.1) is 0 Å². The van der Waals surface area contributed by atoms with Crippen molar-refractivity contribution in [3.05, 3.63) is 30.2 Å². The lowest BCUT2D eigenvalue weighted by Crippen LogP contribution is -2.18. The minimum Gasteiger partial charge on any atom is -0.338 e. The molecule has 3 aromatic rings. The van der Waals surface area contributed by atoms with Gasteiger partial charge in [-0.2, -0.15) is 28.4 Å². The number of hydrogen-bond donors (Lipinski definition) is 1. The second-order valence-electron chi connectivity index (χ2n) is 4.14. The Morgan fingerprint density at radius 1 is 1.33 bits per heavy atom. The summed E-state index contributed by atoms with van der Waals surface area (Å²) in [6.07, 6.45) is -1.64. The summed E-state index contributed by atoms with van der Waals surface area (Å²) in [5, 5.41) is 13.7. The Kier molecular flexibility index (Phi) is 3.16. The van der Waals surface area contributed by atoms with Gasteiger partial charge in [0.1, 0.15) is 12.9 Å². The maximum absolute atomic E-state index is 12.2. The molecule has 0 spiro atoms. The molecule has 8 nitrogen and oxygen atoms in total. The van der Waals surface area contributed by atoms with Gasteiger partial charge in [0.05, 0.1) is 12.1 Å². The second kappa shape index (κ2) is 5.00. The molecule has 3 aromatic heterocycles. The third kappa shape index (κ3) is 3.24. The first-order valence-electron chi connectivity index (χ1n) is 5.77. The van der Waals surface area contributed by atoms with Crippen molar-refractivity contribution >= 4 is 0 Å². The molecule has 110 valence electrons. The molecular weight excluding hydrogens is 291 g/mol. The largest absolute Gasteiger partial charge is 0.408 e. The Morgan fingerprint density at radius 3 is 2.90 bits per heavy atom. The number of rotatable bonds is 4. The van der Waals surface area contributed by atoms with Crippen LogP contribution in [-0.2, 0) is 13.0 Å². The Labute approximate surface area is 115 Å². The third-order valence-electron chi connectivity index (χ3n) is 2.46. The maximum atomic E-state index is 12.2. The van der Waals surface area contributed by atoms with Gasteiger partial charge in [0.25, 0.3) is 0 Å². The van der Waals surface area contributed by atoms with Crippen molar-refractivity contribution in [2.24, 2.45) is 0 Å². The quantitative estimate of drug-likeness (QED) is 0.777. The molecule has 0 aliphatic carbocycles. The number of aromatic amines is 1. The van der Waals surface area contributed by atoms with Gasteiger partial charge in [-0.3, -0.25) is 9.78 Å². The van der Waals surface area contributed by atoms with Gasteiger partial charge in [0.15, 0.2) is 5.82 Å². The fraction of sp³-hybridized carbons (Fsp3) is 0.300. The molecule has 11 heteroatoms. The number of aromatic nitrogens is 7. The summed E-state index contributed by atoms with van der Waals surface area (Å²) in [4.78, 5) is 7.90. The smallest absolute Gasteiger partial charge is 0.338 e. The summed E-state index contributed by atoms with van der Waals surface area (Å²) in [5.41, 5.74) is 0.395. The van der Waals surface area contributed by atoms with E-state index in [1.165, 1.54) is 18.6 Å². The van der Waals surface area contributed by atoms with Crippen LogP contribution in [0.3, 0.4) is 0 Å². The average molecular weight is 299 g/mol. The molecule has 3 rings (SSSR count). The highest BCUT2D eigenvalue weighted by Crippen LogP contribution is 2.17. The molecule has 0 bridgehead atoms. The number of H-pyrrole nitrogens is 1. The van der Waals surface area contributed by atoms with Crippen molar-refractivity contribution in [3.8, 4) is 11.6 Å². The van der Waals surface area contributed by atoms with E-state index in [2.05, 4.69) is 30.4 Å². The van der Waals surface area contributed by atoms with Crippen LogP contribution < -0.4 is 0 Å². The summed E-state index contributed by atoms with van der Waals surface area (Å²) in [5.74, 6) is 0.781. The van der Waals surface area contributed by atoms with Crippen LogP contribution in [0.4, 0.5) is 13.2 Å². The van der Waals surface area contributed by atoms with Gasteiger partial charge in [-0.05, 0) is 6.07 Å². The van der Waals surface area contributed by atoms with Gasteiger partial charge >= 0.3 is 6.18 Å². The molecule has 0 saturated heterocycles. The molecule has 0 aliphatic heterocycles. The number of nitrogens with one attached hydrogen (secondary N) is 1. The number of halogens is 3. The molecule has 1 N–H and O–H groups in total. The molecule has 0 saturated carbocycles. The Morgan fingerprint density at radius 2 is 2.19 bits per heavy atom. The van der Waals surface area contributed by atoms with E-state index in [9.17, 15) is 13.2 Å². The van der Waals surface area contributed by atoms with E-state index < -0.39 is 12.7 Å². The molecule has 3 heterocycles. The monoisotopic (exact) mass is 299 g/mol. The fourth-order valence-corrected chi connectivity index (χ4v) is 1.66. The highest BCUT2D eigenvalue weighted by molar-refractivity contribution is 5.39. The zero-order valence-corrected chi connectivity index (χ0v) is 10.4. The molecule has 0 aromatic carbocycles. The Bertz CT molecular complexity index is 715. The van der Waals surface area contributed by atoms with Crippen molar-refractivity contribution in [1.82, 2.24) is 35.1 Å². The molecule has 0 amide bonds. The second-order valence-corrected chi connectivity index (χ2v) is 4.14. The molecule has 0 radical (unpaired) electrons. The van der Waals surface area contributed by atoms with Crippen molar-refractivity contribution in [1.29, 1.82) is 0 Å². The summed E-state index contributed by atoms with van der Waals surface area (Å²) in [7, 11) is 0. The first-order valence-corrected chi connectivity index (χ1v) is 5.77. The SMILES string of the molecule is FC(F)(F)Cn1ccc(Cc2nc(-c3ncn[nH]3)no2)n1. The van der Waals surface area contributed by atoms with E-state index in [0.29, 0.717) is 11.5 Å². The van der Waals surface area contributed by atoms with Crippen molar-refractivity contribution in [2.45, 2.75) is 19.1 Å². The maximum Gasteiger partial charge on any atom is 0.408 e. The summed E-state index contributed by atoms with van der Waals surface area (Å²) < 4.78 is 42.5. The van der Waals surface area contributed by atoms with E-state index in [1.807, 2.05) is 0 Å². The molecule has 0 unspecified atom stereocenters. The first kappa shape index (κ1) is 13.3. The van der Waals surface area contributed by atoms with Gasteiger partial charge < -0.3 is 4.52 Å². The predicted octanol–water partition coefficient (Wildman–Crippen LogP) is 1.20. The van der Waals surface area contributed by atoms with Crippen LogP contribution in [-0.4, -0.2) is 41.3 Å². The number of nitrogens with zero attached hydrogens (tertiary/aromatic N) is 6. The van der Waals surface area contributed by atoms with Crippen LogP contribution in [0.1, 0.15) is 11.6 Å². The van der Waals surface area contributed by atoms with Crippen LogP contribution >= 0.6 is 0 Å². The zero-order chi connectivity index (χ0) is 14.9. The van der Waals surface area contributed by atoms with E-state index in [-0.39, 0.29) is 18.1 Å². The fourth-order valence-electron chi connectivity index (χ4n) is 1.66. The lowest BCUT2D eigenvalue weighted by Gasteiger charge is -2.05. The summed E-state index contributed by atoms with van der Waals surface area (Å²) in [6, 6.07) is 1.46. The average Bonchev–Trinajstić information content (AvgIpc) is 3.08. The highest BCUT2D eigenvalue weighted by atomic mass is 19.4. The summed E-state index contributed by atoms with van der Waals surface area (Å²) in [6.45, 7) is -1.14. The number of hydrogen-bond acceptors (Lipinski definition) is 6. The van der Waals surface area contributed by atoms with Crippen LogP contribution in [0.15, 0.2) is 23.1 Å². The standard InChI is InChI=1S/C10H8F3N7O/c11-10(12,13)4-20-2-1-6(18-20)3-7-16-9(19-21-7)8-14-5-15-17-8/h1-2,5H,3-4H2,(H,14,15,17). The van der Waals surface area contributed by atoms with Crippen LogP contribution in [0.2, 0.25) is 0 Å². The predicted molar refractivity (Wildman–Crippen MR) is 60.8 cm³/mol. The lowest BCUT2D eigenvalue weighted by atomic mass is 10.3. The van der Waals surface area contributed by atoms with Crippen molar-refractivity contribution in [2.75, 3.05) is 0 Å². The van der Waals surface area contributed by atoms with Crippen molar-refractivity contribution in [3.63, 3.8) is 0 Å². The van der Waals surface area contributed by atoms with E-state index >= 15 is 0 Å². The molecule has 0 atom stereocenters. The normalized spacial score (nSPS) is 12.0.